The number of aliphatic hydroxyl groups is 2. The summed E-state index contributed by atoms with van der Waals surface area (Å²) in [4.78, 5) is 2.25. The zero-order valence-electron chi connectivity index (χ0n) is 6.61. The van der Waals surface area contributed by atoms with Crippen molar-refractivity contribution in [2.75, 3.05) is 13.2 Å². The summed E-state index contributed by atoms with van der Waals surface area (Å²) in [5.74, 6) is 0. The summed E-state index contributed by atoms with van der Waals surface area (Å²) in [6.45, 7) is 1.26. The SMILES string of the molecule is OC[C@H]1C[C@H](O)[C@@H]2CCCN12. The molecule has 2 rings (SSSR count). The highest BCUT2D eigenvalue weighted by molar-refractivity contribution is 4.97. The van der Waals surface area contributed by atoms with Crippen LogP contribution in [0.5, 0.6) is 0 Å². The van der Waals surface area contributed by atoms with E-state index in [1.807, 2.05) is 0 Å². The molecule has 0 unspecified atom stereocenters. The molecule has 0 aromatic rings. The number of nitrogens with zero attached hydrogens (tertiary/aromatic N) is 1. The van der Waals surface area contributed by atoms with Crippen molar-refractivity contribution in [1.82, 2.24) is 4.90 Å². The second-order valence-corrected chi connectivity index (χ2v) is 3.59. The summed E-state index contributed by atoms with van der Waals surface area (Å²) >= 11 is 0. The third-order valence-corrected chi connectivity index (χ3v) is 2.98. The maximum absolute atomic E-state index is 9.55. The van der Waals surface area contributed by atoms with Crippen molar-refractivity contribution in [2.45, 2.75) is 37.5 Å². The molecule has 64 valence electrons. The minimum Gasteiger partial charge on any atom is -0.395 e. The molecule has 2 aliphatic rings. The van der Waals surface area contributed by atoms with Crippen LogP contribution in [-0.4, -0.2) is 46.5 Å². The van der Waals surface area contributed by atoms with Crippen LogP contribution in [0.25, 0.3) is 0 Å². The zero-order chi connectivity index (χ0) is 7.84. The molecule has 0 bridgehead atoms. The van der Waals surface area contributed by atoms with Crippen LogP contribution in [0.4, 0.5) is 0 Å². The van der Waals surface area contributed by atoms with Gasteiger partial charge in [-0.15, -0.1) is 0 Å². The fourth-order valence-electron chi connectivity index (χ4n) is 2.43. The van der Waals surface area contributed by atoms with Gasteiger partial charge in [0.1, 0.15) is 0 Å². The van der Waals surface area contributed by atoms with Gasteiger partial charge in [0, 0.05) is 12.1 Å². The van der Waals surface area contributed by atoms with Gasteiger partial charge in [-0.2, -0.15) is 0 Å². The Morgan fingerprint density at radius 1 is 1.45 bits per heavy atom. The molecule has 11 heavy (non-hydrogen) atoms. The molecule has 3 atom stereocenters. The molecule has 0 radical (unpaired) electrons. The Kier molecular flexibility index (Phi) is 1.87. The highest BCUT2D eigenvalue weighted by Gasteiger charge is 2.42. The molecule has 0 aromatic carbocycles. The predicted molar refractivity (Wildman–Crippen MR) is 41.2 cm³/mol. The molecule has 2 aliphatic heterocycles. The third-order valence-electron chi connectivity index (χ3n) is 2.98. The third kappa shape index (κ3) is 1.08. The number of hydrogen-bond acceptors (Lipinski definition) is 3. The highest BCUT2D eigenvalue weighted by Crippen LogP contribution is 2.32. The van der Waals surface area contributed by atoms with Crippen LogP contribution in [0, 0.1) is 0 Å². The van der Waals surface area contributed by atoms with Crippen LogP contribution < -0.4 is 0 Å². The maximum Gasteiger partial charge on any atom is 0.0711 e. The Hall–Kier alpha value is -0.120. The van der Waals surface area contributed by atoms with Crippen LogP contribution >= 0.6 is 0 Å². The molecule has 0 spiro atoms. The Bertz CT molecular complexity index is 151. The average Bonchev–Trinajstić information content (AvgIpc) is 2.54. The fraction of sp³-hybridized carbons (Fsp3) is 1.00. The van der Waals surface area contributed by atoms with Gasteiger partial charge in [0.2, 0.25) is 0 Å². The second-order valence-electron chi connectivity index (χ2n) is 3.59. The first kappa shape index (κ1) is 7.53. The molecule has 3 heteroatoms. The van der Waals surface area contributed by atoms with Crippen molar-refractivity contribution >= 4 is 0 Å². The van der Waals surface area contributed by atoms with Crippen LogP contribution in [0.3, 0.4) is 0 Å². The molecule has 0 aromatic heterocycles. The Morgan fingerprint density at radius 2 is 2.27 bits per heavy atom. The summed E-state index contributed by atoms with van der Waals surface area (Å²) < 4.78 is 0. The van der Waals surface area contributed by atoms with Crippen LogP contribution in [0.2, 0.25) is 0 Å². The average molecular weight is 157 g/mol. The van der Waals surface area contributed by atoms with E-state index in [4.69, 9.17) is 5.11 Å². The molecule has 2 N–H and O–H groups in total. The van der Waals surface area contributed by atoms with Crippen molar-refractivity contribution in [2.24, 2.45) is 0 Å². The van der Waals surface area contributed by atoms with E-state index in [0.717, 1.165) is 19.4 Å². The largest absolute Gasteiger partial charge is 0.395 e. The lowest BCUT2D eigenvalue weighted by atomic mass is 10.1. The lowest BCUT2D eigenvalue weighted by Crippen LogP contribution is -2.34. The molecular weight excluding hydrogens is 142 g/mol. The van der Waals surface area contributed by atoms with E-state index >= 15 is 0 Å². The first-order chi connectivity index (χ1) is 5.33. The first-order valence-electron chi connectivity index (χ1n) is 4.37. The molecule has 2 fully saturated rings. The summed E-state index contributed by atoms with van der Waals surface area (Å²) in [6.07, 6.45) is 2.87. The van der Waals surface area contributed by atoms with Crippen LogP contribution in [-0.2, 0) is 0 Å². The minimum atomic E-state index is -0.186. The molecule has 2 saturated heterocycles. The molecule has 3 nitrogen and oxygen atoms in total. The summed E-state index contributed by atoms with van der Waals surface area (Å²) in [5.41, 5.74) is 0. The van der Waals surface area contributed by atoms with Gasteiger partial charge < -0.3 is 10.2 Å². The van der Waals surface area contributed by atoms with Crippen molar-refractivity contribution in [3.8, 4) is 0 Å². The highest BCUT2D eigenvalue weighted by atomic mass is 16.3. The number of fused-ring (bicyclic) bond motifs is 1. The smallest absolute Gasteiger partial charge is 0.0711 e. The molecule has 2 heterocycles. The fourth-order valence-corrected chi connectivity index (χ4v) is 2.43. The topological polar surface area (TPSA) is 43.7 Å². The molecule has 0 amide bonds. The molecular formula is C8H15NO2. The van der Waals surface area contributed by atoms with Crippen molar-refractivity contribution in [1.29, 1.82) is 0 Å². The van der Waals surface area contributed by atoms with Gasteiger partial charge >= 0.3 is 0 Å². The van der Waals surface area contributed by atoms with Gasteiger partial charge in [-0.25, -0.2) is 0 Å². The first-order valence-corrected chi connectivity index (χ1v) is 4.37. The zero-order valence-corrected chi connectivity index (χ0v) is 6.61. The van der Waals surface area contributed by atoms with E-state index in [1.54, 1.807) is 0 Å². The summed E-state index contributed by atoms with van der Waals surface area (Å²) in [6, 6.07) is 0.588. The van der Waals surface area contributed by atoms with Gasteiger partial charge in [-0.3, -0.25) is 4.90 Å². The monoisotopic (exact) mass is 157 g/mol. The Labute approximate surface area is 66.6 Å². The Morgan fingerprint density at radius 3 is 3.00 bits per heavy atom. The van der Waals surface area contributed by atoms with Crippen molar-refractivity contribution in [3.63, 3.8) is 0 Å². The molecule has 0 aliphatic carbocycles. The second kappa shape index (κ2) is 2.73. The standard InChI is InChI=1S/C8H15NO2/c10-5-6-4-8(11)7-2-1-3-9(6)7/h6-8,10-11H,1-5H2/t6-,7+,8+/m1/s1. The number of aliphatic hydroxyl groups excluding tert-OH is 2. The van der Waals surface area contributed by atoms with E-state index in [9.17, 15) is 5.11 Å². The Balaban J connectivity index is 2.07. The maximum atomic E-state index is 9.55. The normalized spacial score (nSPS) is 44.7. The lowest BCUT2D eigenvalue weighted by Gasteiger charge is -2.21. The lowest BCUT2D eigenvalue weighted by molar-refractivity contribution is 0.127. The minimum absolute atomic E-state index is 0.186. The summed E-state index contributed by atoms with van der Waals surface area (Å²) in [7, 11) is 0. The van der Waals surface area contributed by atoms with Gasteiger partial charge in [-0.1, -0.05) is 0 Å². The van der Waals surface area contributed by atoms with Crippen molar-refractivity contribution in [3.05, 3.63) is 0 Å². The van der Waals surface area contributed by atoms with Gasteiger partial charge in [0.25, 0.3) is 0 Å². The molecule has 0 saturated carbocycles. The van der Waals surface area contributed by atoms with Crippen molar-refractivity contribution < 1.29 is 10.2 Å². The van der Waals surface area contributed by atoms with E-state index in [2.05, 4.69) is 4.90 Å². The van der Waals surface area contributed by atoms with Gasteiger partial charge in [0.15, 0.2) is 0 Å². The van der Waals surface area contributed by atoms with Crippen LogP contribution in [0.1, 0.15) is 19.3 Å². The van der Waals surface area contributed by atoms with E-state index in [-0.39, 0.29) is 18.8 Å². The quantitative estimate of drug-likeness (QED) is 0.543. The predicted octanol–water partition coefficient (Wildman–Crippen LogP) is -0.424. The summed E-state index contributed by atoms with van der Waals surface area (Å²) in [5, 5.41) is 18.5. The van der Waals surface area contributed by atoms with Gasteiger partial charge in [-0.05, 0) is 25.8 Å². The van der Waals surface area contributed by atoms with E-state index in [0.29, 0.717) is 6.04 Å². The number of hydrogen-bond donors (Lipinski definition) is 2. The van der Waals surface area contributed by atoms with Crippen LogP contribution in [0.15, 0.2) is 0 Å². The van der Waals surface area contributed by atoms with E-state index < -0.39 is 0 Å². The van der Waals surface area contributed by atoms with Gasteiger partial charge in [0.05, 0.1) is 12.7 Å². The van der Waals surface area contributed by atoms with E-state index in [1.165, 1.54) is 6.42 Å². The number of rotatable bonds is 1.